The standard InChI is InChI=1S/C21H28N2O2.C2HF3O2/c1-15-4-6-18(10-16(15)2)11-22-13-20-21(14-22)24-9-8-23(20)12-19-7-5-17(3)25-19;3-2(4,5)1(6)7/h4-7,10,20-21H,8-9,11-14H2,1-3H3;(H,6,7)/t20-,21+;/m1./s1. The number of hydrogen-bond acceptors (Lipinski definition) is 5. The number of ether oxygens (including phenoxy) is 1. The number of rotatable bonds is 4. The number of carbonyl (C=O) groups is 1. The molecule has 4 rings (SSSR count). The molecule has 32 heavy (non-hydrogen) atoms. The summed E-state index contributed by atoms with van der Waals surface area (Å²) in [4.78, 5) is 14.0. The van der Waals surface area contributed by atoms with Gasteiger partial charge in [0, 0.05) is 26.2 Å². The minimum absolute atomic E-state index is 0.316. The van der Waals surface area contributed by atoms with Crippen LogP contribution in [0.2, 0.25) is 0 Å². The number of fused-ring (bicyclic) bond motifs is 1. The molecular formula is C23H29F3N2O4. The number of alkyl halides is 3. The highest BCUT2D eigenvalue weighted by molar-refractivity contribution is 5.73. The topological polar surface area (TPSA) is 66.2 Å². The highest BCUT2D eigenvalue weighted by atomic mass is 19.4. The molecule has 6 nitrogen and oxygen atoms in total. The summed E-state index contributed by atoms with van der Waals surface area (Å²) in [7, 11) is 0. The van der Waals surface area contributed by atoms with Gasteiger partial charge < -0.3 is 14.3 Å². The zero-order chi connectivity index (χ0) is 23.5. The van der Waals surface area contributed by atoms with Crippen LogP contribution < -0.4 is 0 Å². The predicted octanol–water partition coefficient (Wildman–Crippen LogP) is 3.92. The average molecular weight is 454 g/mol. The first kappa shape index (κ1) is 24.3. The zero-order valence-corrected chi connectivity index (χ0v) is 18.5. The monoisotopic (exact) mass is 454 g/mol. The lowest BCUT2D eigenvalue weighted by Crippen LogP contribution is -2.50. The number of aliphatic carboxylic acids is 1. The number of carboxylic acid groups (broad SMARTS) is 1. The number of nitrogens with zero attached hydrogens (tertiary/aromatic N) is 2. The quantitative estimate of drug-likeness (QED) is 0.756. The van der Waals surface area contributed by atoms with Crippen molar-refractivity contribution in [3.05, 3.63) is 58.5 Å². The second-order valence-electron chi connectivity index (χ2n) is 8.38. The van der Waals surface area contributed by atoms with Gasteiger partial charge >= 0.3 is 12.1 Å². The molecule has 2 fully saturated rings. The summed E-state index contributed by atoms with van der Waals surface area (Å²) < 4.78 is 43.6. The predicted molar refractivity (Wildman–Crippen MR) is 112 cm³/mol. The third-order valence-electron chi connectivity index (χ3n) is 5.87. The highest BCUT2D eigenvalue weighted by Crippen LogP contribution is 2.26. The van der Waals surface area contributed by atoms with Crippen molar-refractivity contribution in [1.82, 2.24) is 9.80 Å². The molecule has 2 aliphatic heterocycles. The first-order valence-corrected chi connectivity index (χ1v) is 10.5. The Balaban J connectivity index is 0.000000360. The fourth-order valence-electron chi connectivity index (χ4n) is 4.09. The molecule has 1 aromatic heterocycles. The maximum Gasteiger partial charge on any atom is 0.490 e. The minimum Gasteiger partial charge on any atom is -0.475 e. The molecular weight excluding hydrogens is 425 g/mol. The van der Waals surface area contributed by atoms with E-state index < -0.39 is 12.1 Å². The number of halogens is 3. The van der Waals surface area contributed by atoms with Crippen LogP contribution in [-0.2, 0) is 22.6 Å². The zero-order valence-electron chi connectivity index (χ0n) is 18.5. The molecule has 0 radical (unpaired) electrons. The molecule has 1 N–H and O–H groups in total. The molecule has 2 aliphatic rings. The van der Waals surface area contributed by atoms with E-state index in [0.717, 1.165) is 50.9 Å². The first-order valence-electron chi connectivity index (χ1n) is 10.5. The van der Waals surface area contributed by atoms with Crippen LogP contribution in [0.15, 0.2) is 34.7 Å². The third-order valence-corrected chi connectivity index (χ3v) is 5.87. The Hall–Kier alpha value is -2.36. The van der Waals surface area contributed by atoms with E-state index in [1.54, 1.807) is 0 Å². The second-order valence-corrected chi connectivity index (χ2v) is 8.38. The number of aryl methyl sites for hydroxylation is 3. The Morgan fingerprint density at radius 2 is 1.81 bits per heavy atom. The molecule has 176 valence electrons. The summed E-state index contributed by atoms with van der Waals surface area (Å²) in [5.74, 6) is -0.708. The Morgan fingerprint density at radius 1 is 1.09 bits per heavy atom. The number of morpholine rings is 1. The Kier molecular flexibility index (Phi) is 7.63. The normalized spacial score (nSPS) is 21.7. The maximum atomic E-state index is 10.6. The molecule has 3 heterocycles. The van der Waals surface area contributed by atoms with Crippen LogP contribution in [0.5, 0.6) is 0 Å². The lowest BCUT2D eigenvalue weighted by molar-refractivity contribution is -0.192. The van der Waals surface area contributed by atoms with Gasteiger partial charge in [0.05, 0.1) is 25.3 Å². The van der Waals surface area contributed by atoms with Gasteiger partial charge in [-0.2, -0.15) is 13.2 Å². The van der Waals surface area contributed by atoms with Gasteiger partial charge in [0.25, 0.3) is 0 Å². The number of likely N-dealkylation sites (tertiary alicyclic amines) is 1. The maximum absolute atomic E-state index is 10.6. The summed E-state index contributed by atoms with van der Waals surface area (Å²) in [6, 6.07) is 11.4. The van der Waals surface area contributed by atoms with E-state index in [0.29, 0.717) is 12.1 Å². The number of carboxylic acids is 1. The molecule has 2 aromatic rings. The summed E-state index contributed by atoms with van der Waals surface area (Å²) in [6.07, 6.45) is -4.77. The summed E-state index contributed by atoms with van der Waals surface area (Å²) in [5.41, 5.74) is 4.14. The lowest BCUT2D eigenvalue weighted by Gasteiger charge is -2.36. The van der Waals surface area contributed by atoms with Gasteiger partial charge in [-0.15, -0.1) is 0 Å². The van der Waals surface area contributed by atoms with E-state index in [-0.39, 0.29) is 0 Å². The SMILES string of the molecule is Cc1ccc(CN2CCO[C@H]3CN(Cc4ccc(C)c(C)c4)C[C@H]32)o1.O=C(O)C(F)(F)F. The van der Waals surface area contributed by atoms with Gasteiger partial charge in [-0.3, -0.25) is 9.80 Å². The fraction of sp³-hybridized carbons (Fsp3) is 0.522. The molecule has 2 atom stereocenters. The van der Waals surface area contributed by atoms with E-state index in [2.05, 4.69) is 47.9 Å². The molecule has 1 aromatic carbocycles. The van der Waals surface area contributed by atoms with Crippen LogP contribution in [0, 0.1) is 20.8 Å². The Labute approximate surface area is 185 Å². The van der Waals surface area contributed by atoms with E-state index in [4.69, 9.17) is 19.1 Å². The molecule has 0 aliphatic carbocycles. The van der Waals surface area contributed by atoms with Crippen LogP contribution in [-0.4, -0.2) is 65.4 Å². The van der Waals surface area contributed by atoms with E-state index in [1.165, 1.54) is 16.7 Å². The molecule has 0 saturated carbocycles. The second kappa shape index (κ2) is 10.1. The van der Waals surface area contributed by atoms with Crippen LogP contribution in [0.1, 0.15) is 28.2 Å². The largest absolute Gasteiger partial charge is 0.490 e. The third kappa shape index (κ3) is 6.34. The number of furan rings is 1. The van der Waals surface area contributed by atoms with Gasteiger partial charge in [-0.05, 0) is 49.6 Å². The van der Waals surface area contributed by atoms with Crippen molar-refractivity contribution in [2.24, 2.45) is 0 Å². The van der Waals surface area contributed by atoms with Crippen molar-refractivity contribution in [2.75, 3.05) is 26.2 Å². The first-order chi connectivity index (χ1) is 15.0. The van der Waals surface area contributed by atoms with Crippen molar-refractivity contribution in [2.45, 2.75) is 52.2 Å². The molecule has 0 unspecified atom stereocenters. The highest BCUT2D eigenvalue weighted by Gasteiger charge is 2.40. The van der Waals surface area contributed by atoms with E-state index in [1.807, 2.05) is 13.0 Å². The van der Waals surface area contributed by atoms with Crippen molar-refractivity contribution in [3.63, 3.8) is 0 Å². The molecule has 0 spiro atoms. The Bertz CT molecular complexity index is 928. The van der Waals surface area contributed by atoms with Gasteiger partial charge in [0.2, 0.25) is 0 Å². The summed E-state index contributed by atoms with van der Waals surface area (Å²) in [5, 5.41) is 7.12. The minimum atomic E-state index is -5.08. The van der Waals surface area contributed by atoms with E-state index in [9.17, 15) is 13.2 Å². The fourth-order valence-corrected chi connectivity index (χ4v) is 4.09. The number of hydrogen-bond donors (Lipinski definition) is 1. The summed E-state index contributed by atoms with van der Waals surface area (Å²) in [6.45, 7) is 12.1. The smallest absolute Gasteiger partial charge is 0.475 e. The van der Waals surface area contributed by atoms with Crippen LogP contribution >= 0.6 is 0 Å². The van der Waals surface area contributed by atoms with Crippen molar-refractivity contribution < 1.29 is 32.2 Å². The van der Waals surface area contributed by atoms with E-state index >= 15 is 0 Å². The van der Waals surface area contributed by atoms with Gasteiger partial charge in [-0.25, -0.2) is 4.79 Å². The molecule has 2 saturated heterocycles. The van der Waals surface area contributed by atoms with Crippen molar-refractivity contribution >= 4 is 5.97 Å². The number of benzene rings is 1. The molecule has 0 bridgehead atoms. The van der Waals surface area contributed by atoms with Crippen LogP contribution in [0.25, 0.3) is 0 Å². The Morgan fingerprint density at radius 3 is 2.41 bits per heavy atom. The van der Waals surface area contributed by atoms with Gasteiger partial charge in [0.1, 0.15) is 11.5 Å². The van der Waals surface area contributed by atoms with Gasteiger partial charge in [0.15, 0.2) is 0 Å². The van der Waals surface area contributed by atoms with Crippen LogP contribution in [0.3, 0.4) is 0 Å². The van der Waals surface area contributed by atoms with Crippen LogP contribution in [0.4, 0.5) is 13.2 Å². The lowest BCUT2D eigenvalue weighted by atomic mass is 10.1. The average Bonchev–Trinajstić information content (AvgIpc) is 3.30. The summed E-state index contributed by atoms with van der Waals surface area (Å²) >= 11 is 0. The molecule has 0 amide bonds. The molecule has 9 heteroatoms. The van der Waals surface area contributed by atoms with Gasteiger partial charge in [-0.1, -0.05) is 18.2 Å². The van der Waals surface area contributed by atoms with Crippen molar-refractivity contribution in [3.8, 4) is 0 Å². The van der Waals surface area contributed by atoms with Crippen molar-refractivity contribution in [1.29, 1.82) is 0 Å².